The summed E-state index contributed by atoms with van der Waals surface area (Å²) in [6.07, 6.45) is 6.10. The number of aliphatic carboxylic acids is 1. The van der Waals surface area contributed by atoms with Crippen LogP contribution in [0.25, 0.3) is 0 Å². The van der Waals surface area contributed by atoms with E-state index < -0.39 is 5.97 Å². The number of hydrogen-bond donors (Lipinski definition) is 2. The van der Waals surface area contributed by atoms with E-state index in [2.05, 4.69) is 10.4 Å². The summed E-state index contributed by atoms with van der Waals surface area (Å²) >= 11 is 0. The monoisotopic (exact) mass is 348 g/mol. The number of nitrogens with one attached hydrogen (secondary N) is 1. The highest BCUT2D eigenvalue weighted by atomic mass is 16.4. The van der Waals surface area contributed by atoms with Gasteiger partial charge in [-0.25, -0.2) is 0 Å². The standard InChI is InChI=1S/C17H24N4O4/c1-20-9-11(8-18-20)15-13(5-6-14(22)21(15)2)16(23)19-12-4-3-10(7-12)17(24)25/h8-10,12-13,15H,3-7H2,1-2H3,(H,19,23)(H,24,25)/t10-,12+,13?,15?/m1/s1. The van der Waals surface area contributed by atoms with Crippen LogP contribution in [0.4, 0.5) is 0 Å². The molecule has 0 bridgehead atoms. The van der Waals surface area contributed by atoms with Crippen LogP contribution in [0.3, 0.4) is 0 Å². The summed E-state index contributed by atoms with van der Waals surface area (Å²) in [7, 11) is 3.52. The van der Waals surface area contributed by atoms with Crippen LogP contribution in [0.15, 0.2) is 12.4 Å². The first-order chi connectivity index (χ1) is 11.9. The summed E-state index contributed by atoms with van der Waals surface area (Å²) in [4.78, 5) is 37.7. The van der Waals surface area contributed by atoms with Crippen molar-refractivity contribution >= 4 is 17.8 Å². The number of nitrogens with zero attached hydrogens (tertiary/aromatic N) is 3. The van der Waals surface area contributed by atoms with Gasteiger partial charge in [0, 0.05) is 38.3 Å². The number of carbonyl (C=O) groups excluding carboxylic acids is 2. The van der Waals surface area contributed by atoms with Crippen molar-refractivity contribution in [3.63, 3.8) is 0 Å². The molecule has 1 aliphatic heterocycles. The molecule has 1 aliphatic carbocycles. The summed E-state index contributed by atoms with van der Waals surface area (Å²) in [5.74, 6) is -1.62. The summed E-state index contributed by atoms with van der Waals surface area (Å²) < 4.78 is 1.66. The lowest BCUT2D eigenvalue weighted by Crippen LogP contribution is -2.48. The van der Waals surface area contributed by atoms with E-state index in [1.165, 1.54) is 0 Å². The fourth-order valence-corrected chi connectivity index (χ4v) is 4.01. The van der Waals surface area contributed by atoms with Crippen molar-refractivity contribution in [2.45, 2.75) is 44.2 Å². The molecule has 0 radical (unpaired) electrons. The van der Waals surface area contributed by atoms with Crippen LogP contribution < -0.4 is 5.32 Å². The minimum Gasteiger partial charge on any atom is -0.481 e. The van der Waals surface area contributed by atoms with Gasteiger partial charge in [0.15, 0.2) is 0 Å². The third kappa shape index (κ3) is 3.52. The maximum absolute atomic E-state index is 12.8. The maximum atomic E-state index is 12.8. The second kappa shape index (κ2) is 6.85. The van der Waals surface area contributed by atoms with Gasteiger partial charge in [0.25, 0.3) is 0 Å². The van der Waals surface area contributed by atoms with Crippen molar-refractivity contribution in [1.29, 1.82) is 0 Å². The van der Waals surface area contributed by atoms with E-state index in [9.17, 15) is 14.4 Å². The van der Waals surface area contributed by atoms with Crippen molar-refractivity contribution in [3.8, 4) is 0 Å². The Hall–Kier alpha value is -2.38. The van der Waals surface area contributed by atoms with Crippen molar-refractivity contribution in [2.75, 3.05) is 7.05 Å². The molecular weight excluding hydrogens is 324 g/mol. The van der Waals surface area contributed by atoms with Crippen molar-refractivity contribution < 1.29 is 19.5 Å². The Morgan fingerprint density at radius 3 is 2.64 bits per heavy atom. The highest BCUT2D eigenvalue weighted by Gasteiger charge is 2.41. The normalized spacial score (nSPS) is 29.7. The predicted octanol–water partition coefficient (Wildman–Crippen LogP) is 0.699. The smallest absolute Gasteiger partial charge is 0.306 e. The molecule has 8 nitrogen and oxygen atoms in total. The van der Waals surface area contributed by atoms with E-state index in [1.54, 1.807) is 29.9 Å². The zero-order valence-corrected chi connectivity index (χ0v) is 14.5. The lowest BCUT2D eigenvalue weighted by atomic mass is 9.85. The number of likely N-dealkylation sites (tertiary alicyclic amines) is 1. The highest BCUT2D eigenvalue weighted by Crippen LogP contribution is 2.36. The molecule has 1 aromatic rings. The molecule has 0 spiro atoms. The minimum atomic E-state index is -0.798. The number of rotatable bonds is 4. The van der Waals surface area contributed by atoms with Gasteiger partial charge in [-0.2, -0.15) is 5.10 Å². The molecule has 2 fully saturated rings. The van der Waals surface area contributed by atoms with E-state index in [-0.39, 0.29) is 35.7 Å². The van der Waals surface area contributed by atoms with Crippen molar-refractivity contribution in [2.24, 2.45) is 18.9 Å². The largest absolute Gasteiger partial charge is 0.481 e. The Balaban J connectivity index is 1.73. The number of carbonyl (C=O) groups is 3. The third-order valence-electron chi connectivity index (χ3n) is 5.39. The predicted molar refractivity (Wildman–Crippen MR) is 88.4 cm³/mol. The van der Waals surface area contributed by atoms with Gasteiger partial charge < -0.3 is 15.3 Å². The molecule has 136 valence electrons. The molecular formula is C17H24N4O4. The van der Waals surface area contributed by atoms with E-state index in [4.69, 9.17) is 5.11 Å². The average molecular weight is 348 g/mol. The topological polar surface area (TPSA) is 105 Å². The van der Waals surface area contributed by atoms with Crippen LogP contribution in [-0.4, -0.2) is 50.7 Å². The first kappa shape index (κ1) is 17.4. The van der Waals surface area contributed by atoms with E-state index >= 15 is 0 Å². The molecule has 2 heterocycles. The Morgan fingerprint density at radius 2 is 2.04 bits per heavy atom. The van der Waals surface area contributed by atoms with Crippen LogP contribution in [0.1, 0.15) is 43.7 Å². The fraction of sp³-hybridized carbons (Fsp3) is 0.647. The molecule has 2 unspecified atom stereocenters. The second-order valence-corrected chi connectivity index (χ2v) is 7.10. The minimum absolute atomic E-state index is 0.0183. The van der Waals surface area contributed by atoms with E-state index in [0.717, 1.165) is 5.56 Å². The molecule has 4 atom stereocenters. The molecule has 0 aromatic carbocycles. The number of carboxylic acid groups (broad SMARTS) is 1. The number of carboxylic acids is 1. The number of amides is 2. The van der Waals surface area contributed by atoms with Gasteiger partial charge in [-0.05, 0) is 25.7 Å². The zero-order chi connectivity index (χ0) is 18.1. The number of aromatic nitrogens is 2. The third-order valence-corrected chi connectivity index (χ3v) is 5.39. The van der Waals surface area contributed by atoms with Gasteiger partial charge in [-0.3, -0.25) is 19.1 Å². The number of hydrogen-bond acceptors (Lipinski definition) is 4. The van der Waals surface area contributed by atoms with Crippen LogP contribution in [0.2, 0.25) is 0 Å². The quantitative estimate of drug-likeness (QED) is 0.833. The molecule has 25 heavy (non-hydrogen) atoms. The van der Waals surface area contributed by atoms with Crippen LogP contribution in [0.5, 0.6) is 0 Å². The fourth-order valence-electron chi connectivity index (χ4n) is 4.01. The molecule has 2 aliphatic rings. The second-order valence-electron chi connectivity index (χ2n) is 7.10. The SMILES string of the molecule is CN1C(=O)CCC(C(=O)N[C@H]2CC[C@@H](C(=O)O)C2)C1c1cnn(C)c1. The lowest BCUT2D eigenvalue weighted by Gasteiger charge is -2.38. The molecule has 1 saturated heterocycles. The van der Waals surface area contributed by atoms with Crippen LogP contribution in [0, 0.1) is 11.8 Å². The van der Waals surface area contributed by atoms with E-state index in [0.29, 0.717) is 32.1 Å². The average Bonchev–Trinajstić information content (AvgIpc) is 3.19. The molecule has 3 rings (SSSR count). The number of aryl methyl sites for hydroxylation is 1. The van der Waals surface area contributed by atoms with Gasteiger partial charge in [-0.1, -0.05) is 0 Å². The maximum Gasteiger partial charge on any atom is 0.306 e. The summed E-state index contributed by atoms with van der Waals surface area (Å²) in [6, 6.07) is -0.447. The molecule has 1 aromatic heterocycles. The molecule has 1 saturated carbocycles. The highest BCUT2D eigenvalue weighted by molar-refractivity contribution is 5.85. The van der Waals surface area contributed by atoms with Crippen LogP contribution >= 0.6 is 0 Å². The Kier molecular flexibility index (Phi) is 4.78. The van der Waals surface area contributed by atoms with Gasteiger partial charge >= 0.3 is 5.97 Å². The molecule has 8 heteroatoms. The zero-order valence-electron chi connectivity index (χ0n) is 14.5. The molecule has 2 amide bonds. The van der Waals surface area contributed by atoms with Gasteiger partial charge in [0.05, 0.1) is 24.1 Å². The first-order valence-electron chi connectivity index (χ1n) is 8.64. The van der Waals surface area contributed by atoms with Gasteiger partial charge in [-0.15, -0.1) is 0 Å². The molecule has 2 N–H and O–H groups in total. The Morgan fingerprint density at radius 1 is 1.28 bits per heavy atom. The summed E-state index contributed by atoms with van der Waals surface area (Å²) in [5.41, 5.74) is 0.841. The van der Waals surface area contributed by atoms with Gasteiger partial charge in [0.1, 0.15) is 0 Å². The Labute approximate surface area is 146 Å². The van der Waals surface area contributed by atoms with E-state index in [1.807, 2.05) is 6.20 Å². The van der Waals surface area contributed by atoms with Gasteiger partial charge in [0.2, 0.25) is 11.8 Å². The first-order valence-corrected chi connectivity index (χ1v) is 8.64. The van der Waals surface area contributed by atoms with Crippen molar-refractivity contribution in [1.82, 2.24) is 20.0 Å². The lowest BCUT2D eigenvalue weighted by molar-refractivity contribution is -0.143. The Bertz CT molecular complexity index is 686. The van der Waals surface area contributed by atoms with Crippen molar-refractivity contribution in [3.05, 3.63) is 18.0 Å². The van der Waals surface area contributed by atoms with Crippen LogP contribution in [-0.2, 0) is 21.4 Å². The summed E-state index contributed by atoms with van der Waals surface area (Å²) in [5, 5.41) is 16.3. The number of piperidine rings is 1. The summed E-state index contributed by atoms with van der Waals surface area (Å²) in [6.45, 7) is 0.